The van der Waals surface area contributed by atoms with Crippen molar-refractivity contribution in [2.24, 2.45) is 0 Å². The predicted molar refractivity (Wildman–Crippen MR) is 134 cm³/mol. The topological polar surface area (TPSA) is 76.9 Å². The van der Waals surface area contributed by atoms with Crippen molar-refractivity contribution in [2.75, 3.05) is 5.32 Å². The lowest BCUT2D eigenvalue weighted by molar-refractivity contribution is -0.116. The van der Waals surface area contributed by atoms with Gasteiger partial charge in [0, 0.05) is 16.6 Å². The molecule has 7 heteroatoms. The minimum atomic E-state index is -0.267. The van der Waals surface area contributed by atoms with Gasteiger partial charge >= 0.3 is 0 Å². The first-order valence-corrected chi connectivity index (χ1v) is 11.6. The number of anilines is 1. The van der Waals surface area contributed by atoms with Crippen LogP contribution < -0.4 is 10.9 Å². The van der Waals surface area contributed by atoms with Gasteiger partial charge in [-0.3, -0.25) is 14.2 Å². The maximum atomic E-state index is 13.3. The van der Waals surface area contributed by atoms with Crippen LogP contribution in [0.15, 0.2) is 71.5 Å². The Morgan fingerprint density at radius 1 is 1.00 bits per heavy atom. The van der Waals surface area contributed by atoms with Gasteiger partial charge in [0.1, 0.15) is 21.9 Å². The lowest BCUT2D eigenvalue weighted by atomic mass is 10.1. The monoisotopic (exact) mass is 454 g/mol. The minimum absolute atomic E-state index is 0.0971. The number of carbonyl (C=O) groups excluding carboxylic acids is 1. The molecule has 1 amide bonds. The van der Waals surface area contributed by atoms with Crippen LogP contribution in [0.4, 0.5) is 5.69 Å². The zero-order chi connectivity index (χ0) is 22.9. The maximum Gasteiger partial charge on any atom is 0.272 e. The standard InChI is InChI=1S/C26H22N4O2S/c1-3-17-9-11-19(12-10-17)28-22(31)15-30-16(2)27-23-20-13-14-21(18-7-5-4-6-8-18)29-25(20)33-24(23)26(30)32/h4-14H,3,15H2,1-2H3,(H,28,31). The number of pyridine rings is 1. The molecule has 5 rings (SSSR count). The molecule has 5 aromatic rings. The normalized spacial score (nSPS) is 11.2. The van der Waals surface area contributed by atoms with Crippen LogP contribution in [0.1, 0.15) is 18.3 Å². The highest BCUT2D eigenvalue weighted by molar-refractivity contribution is 7.25. The third-order valence-corrected chi connectivity index (χ3v) is 6.73. The van der Waals surface area contributed by atoms with E-state index in [4.69, 9.17) is 4.98 Å². The predicted octanol–water partition coefficient (Wildman–Crippen LogP) is 5.18. The summed E-state index contributed by atoms with van der Waals surface area (Å²) in [7, 11) is 0. The second kappa shape index (κ2) is 8.60. The van der Waals surface area contributed by atoms with Crippen molar-refractivity contribution >= 4 is 43.4 Å². The molecule has 3 aromatic heterocycles. The number of hydrogen-bond donors (Lipinski definition) is 1. The average Bonchev–Trinajstić information content (AvgIpc) is 3.20. The summed E-state index contributed by atoms with van der Waals surface area (Å²) in [5.41, 5.74) is 4.18. The van der Waals surface area contributed by atoms with Crippen LogP contribution in [0, 0.1) is 6.92 Å². The molecule has 0 unspecified atom stereocenters. The van der Waals surface area contributed by atoms with Crippen molar-refractivity contribution in [2.45, 2.75) is 26.8 Å². The molecule has 0 fully saturated rings. The van der Waals surface area contributed by atoms with E-state index in [1.807, 2.05) is 66.7 Å². The van der Waals surface area contributed by atoms with Crippen molar-refractivity contribution in [3.8, 4) is 11.3 Å². The summed E-state index contributed by atoms with van der Waals surface area (Å²) >= 11 is 1.32. The van der Waals surface area contributed by atoms with Crippen LogP contribution in [0.25, 0.3) is 31.7 Å². The van der Waals surface area contributed by atoms with Gasteiger partial charge in [-0.1, -0.05) is 49.4 Å². The number of amides is 1. The maximum absolute atomic E-state index is 13.3. The molecule has 0 saturated heterocycles. The van der Waals surface area contributed by atoms with Gasteiger partial charge in [0.25, 0.3) is 5.56 Å². The van der Waals surface area contributed by atoms with E-state index in [-0.39, 0.29) is 18.0 Å². The number of carbonyl (C=O) groups is 1. The lowest BCUT2D eigenvalue weighted by Gasteiger charge is -2.10. The summed E-state index contributed by atoms with van der Waals surface area (Å²) in [6.45, 7) is 3.73. The van der Waals surface area contributed by atoms with Crippen LogP contribution in [0.3, 0.4) is 0 Å². The SMILES string of the molecule is CCc1ccc(NC(=O)Cn2c(C)nc3c(sc4nc(-c5ccccc5)ccc43)c2=O)cc1. The summed E-state index contributed by atoms with van der Waals surface area (Å²) in [6, 6.07) is 21.5. The number of benzene rings is 2. The molecule has 0 aliphatic carbocycles. The Bertz CT molecular complexity index is 1540. The number of nitrogens with zero attached hydrogens (tertiary/aromatic N) is 3. The number of fused-ring (bicyclic) bond motifs is 3. The molecule has 0 atom stereocenters. The first-order valence-electron chi connectivity index (χ1n) is 10.8. The van der Waals surface area contributed by atoms with Gasteiger partial charge < -0.3 is 5.32 Å². The zero-order valence-corrected chi connectivity index (χ0v) is 19.1. The Morgan fingerprint density at radius 2 is 1.76 bits per heavy atom. The van der Waals surface area contributed by atoms with Crippen molar-refractivity contribution in [1.29, 1.82) is 0 Å². The van der Waals surface area contributed by atoms with Crippen LogP contribution in [0.2, 0.25) is 0 Å². The summed E-state index contributed by atoms with van der Waals surface area (Å²) in [5, 5.41) is 3.71. The van der Waals surface area contributed by atoms with E-state index < -0.39 is 0 Å². The van der Waals surface area contributed by atoms with E-state index in [0.717, 1.165) is 27.9 Å². The molecule has 33 heavy (non-hydrogen) atoms. The van der Waals surface area contributed by atoms with Crippen molar-refractivity contribution < 1.29 is 4.79 Å². The smallest absolute Gasteiger partial charge is 0.272 e. The third-order valence-electron chi connectivity index (χ3n) is 5.65. The quantitative estimate of drug-likeness (QED) is 0.397. The lowest BCUT2D eigenvalue weighted by Crippen LogP contribution is -2.29. The minimum Gasteiger partial charge on any atom is -0.325 e. The molecule has 0 saturated carbocycles. The fourth-order valence-corrected chi connectivity index (χ4v) is 4.90. The fraction of sp³-hybridized carbons (Fsp3) is 0.154. The molecule has 6 nitrogen and oxygen atoms in total. The van der Waals surface area contributed by atoms with E-state index in [1.54, 1.807) is 6.92 Å². The van der Waals surface area contributed by atoms with Crippen molar-refractivity contribution in [1.82, 2.24) is 14.5 Å². The number of hydrogen-bond acceptors (Lipinski definition) is 5. The molecule has 1 N–H and O–H groups in total. The highest BCUT2D eigenvalue weighted by Gasteiger charge is 2.17. The van der Waals surface area contributed by atoms with Gasteiger partial charge in [-0.15, -0.1) is 11.3 Å². The summed E-state index contributed by atoms with van der Waals surface area (Å²) < 4.78 is 1.93. The van der Waals surface area contributed by atoms with Gasteiger partial charge in [-0.25, -0.2) is 9.97 Å². The Hall–Kier alpha value is -3.84. The van der Waals surface area contributed by atoms with E-state index in [1.165, 1.54) is 21.5 Å². The van der Waals surface area contributed by atoms with Gasteiger partial charge in [-0.05, 0) is 43.2 Å². The molecule has 0 spiro atoms. The van der Waals surface area contributed by atoms with Crippen LogP contribution >= 0.6 is 11.3 Å². The largest absolute Gasteiger partial charge is 0.325 e. The van der Waals surface area contributed by atoms with Gasteiger partial charge in [0.15, 0.2) is 0 Å². The first kappa shape index (κ1) is 21.0. The highest BCUT2D eigenvalue weighted by atomic mass is 32.1. The van der Waals surface area contributed by atoms with Gasteiger partial charge in [0.05, 0.1) is 11.2 Å². The Kier molecular flexibility index (Phi) is 5.48. The molecular formula is C26H22N4O2S. The van der Waals surface area contributed by atoms with E-state index in [9.17, 15) is 9.59 Å². The van der Waals surface area contributed by atoms with E-state index in [2.05, 4.69) is 17.2 Å². The second-order valence-corrected chi connectivity index (χ2v) is 8.84. The summed E-state index contributed by atoms with van der Waals surface area (Å²) in [5.74, 6) is 0.229. The average molecular weight is 455 g/mol. The number of nitrogens with one attached hydrogen (secondary N) is 1. The molecule has 0 aliphatic rings. The summed E-state index contributed by atoms with van der Waals surface area (Å²) in [4.78, 5) is 36.1. The first-order chi connectivity index (χ1) is 16.0. The molecular weight excluding hydrogens is 432 g/mol. The van der Waals surface area contributed by atoms with Gasteiger partial charge in [0.2, 0.25) is 5.91 Å². The molecule has 0 radical (unpaired) electrons. The molecule has 0 bridgehead atoms. The fourth-order valence-electron chi connectivity index (χ4n) is 3.84. The van der Waals surface area contributed by atoms with Crippen molar-refractivity contribution in [3.63, 3.8) is 0 Å². The zero-order valence-electron chi connectivity index (χ0n) is 18.3. The van der Waals surface area contributed by atoms with Crippen LogP contribution in [0.5, 0.6) is 0 Å². The molecule has 2 aromatic carbocycles. The Morgan fingerprint density at radius 3 is 2.48 bits per heavy atom. The molecule has 164 valence electrons. The second-order valence-electron chi connectivity index (χ2n) is 7.84. The van der Waals surface area contributed by atoms with Crippen LogP contribution in [-0.2, 0) is 17.8 Å². The van der Waals surface area contributed by atoms with Gasteiger partial charge in [-0.2, -0.15) is 0 Å². The molecule has 3 heterocycles. The Balaban J connectivity index is 1.48. The number of aromatic nitrogens is 3. The molecule has 0 aliphatic heterocycles. The third kappa shape index (κ3) is 4.03. The Labute approximate surface area is 194 Å². The summed E-state index contributed by atoms with van der Waals surface area (Å²) in [6.07, 6.45) is 0.936. The van der Waals surface area contributed by atoms with E-state index in [0.29, 0.717) is 21.7 Å². The highest BCUT2D eigenvalue weighted by Crippen LogP contribution is 2.31. The number of aryl methyl sites for hydroxylation is 2. The number of thiophene rings is 1. The van der Waals surface area contributed by atoms with Crippen molar-refractivity contribution in [3.05, 3.63) is 88.5 Å². The number of rotatable bonds is 5. The van der Waals surface area contributed by atoms with E-state index >= 15 is 0 Å². The van der Waals surface area contributed by atoms with Crippen LogP contribution in [-0.4, -0.2) is 20.4 Å².